The summed E-state index contributed by atoms with van der Waals surface area (Å²) in [6.07, 6.45) is 5.61. The molecule has 0 bridgehead atoms. The minimum Gasteiger partial charge on any atom is -0.339 e. The fourth-order valence-corrected chi connectivity index (χ4v) is 5.04. The Kier molecular flexibility index (Phi) is 6.87. The van der Waals surface area contributed by atoms with Crippen LogP contribution in [0.4, 0.5) is 0 Å². The third-order valence-electron chi connectivity index (χ3n) is 5.37. The number of carbonyl (C=O) groups is 2. The van der Waals surface area contributed by atoms with E-state index in [0.29, 0.717) is 43.5 Å². The summed E-state index contributed by atoms with van der Waals surface area (Å²) in [7, 11) is 0. The molecule has 0 aromatic heterocycles. The third kappa shape index (κ3) is 4.95. The number of amides is 2. The van der Waals surface area contributed by atoms with E-state index in [0.717, 1.165) is 4.90 Å². The first kappa shape index (κ1) is 19.6. The number of hydrogen-bond donors (Lipinski definition) is 0. The Labute approximate surface area is 165 Å². The van der Waals surface area contributed by atoms with Crippen LogP contribution in [-0.4, -0.2) is 53.0 Å². The Morgan fingerprint density at radius 1 is 1.12 bits per heavy atom. The van der Waals surface area contributed by atoms with Crippen LogP contribution in [0.1, 0.15) is 39.0 Å². The van der Waals surface area contributed by atoms with Crippen molar-refractivity contribution in [2.75, 3.05) is 26.2 Å². The van der Waals surface area contributed by atoms with Crippen LogP contribution in [0.2, 0.25) is 5.02 Å². The van der Waals surface area contributed by atoms with E-state index < -0.39 is 0 Å². The van der Waals surface area contributed by atoms with Gasteiger partial charge in [0.05, 0.1) is 10.3 Å². The van der Waals surface area contributed by atoms with Crippen molar-refractivity contribution in [1.82, 2.24) is 9.80 Å². The molecule has 1 atom stereocenters. The second-order valence-electron chi connectivity index (χ2n) is 7.25. The lowest BCUT2D eigenvalue weighted by atomic mass is 10.0. The number of halogens is 1. The Morgan fingerprint density at radius 3 is 2.38 bits per heavy atom. The van der Waals surface area contributed by atoms with Crippen LogP contribution in [-0.2, 0) is 9.59 Å². The van der Waals surface area contributed by atoms with Crippen LogP contribution in [0.5, 0.6) is 0 Å². The monoisotopic (exact) mass is 394 g/mol. The van der Waals surface area contributed by atoms with Crippen molar-refractivity contribution in [1.29, 1.82) is 0 Å². The van der Waals surface area contributed by atoms with Gasteiger partial charge in [-0.2, -0.15) is 0 Å². The minimum atomic E-state index is -0.185. The van der Waals surface area contributed by atoms with Gasteiger partial charge in [-0.05, 0) is 37.8 Å². The van der Waals surface area contributed by atoms with Crippen molar-refractivity contribution in [3.8, 4) is 0 Å². The van der Waals surface area contributed by atoms with Gasteiger partial charge in [-0.15, -0.1) is 11.8 Å². The predicted molar refractivity (Wildman–Crippen MR) is 107 cm³/mol. The predicted octanol–water partition coefficient (Wildman–Crippen LogP) is 4.07. The number of rotatable bonds is 5. The van der Waals surface area contributed by atoms with Gasteiger partial charge >= 0.3 is 0 Å². The molecule has 142 valence electrons. The molecule has 2 aliphatic rings. The molecule has 4 nitrogen and oxygen atoms in total. The maximum absolute atomic E-state index is 12.7. The molecule has 3 rings (SSSR count). The highest BCUT2D eigenvalue weighted by atomic mass is 35.5. The van der Waals surface area contributed by atoms with Crippen LogP contribution in [0, 0.1) is 5.92 Å². The van der Waals surface area contributed by atoms with Gasteiger partial charge in [-0.1, -0.05) is 36.6 Å². The lowest BCUT2D eigenvalue weighted by Gasteiger charge is -2.36. The zero-order valence-electron chi connectivity index (χ0n) is 15.3. The number of hydrogen-bond acceptors (Lipinski definition) is 3. The summed E-state index contributed by atoms with van der Waals surface area (Å²) in [6.45, 7) is 4.49. The highest BCUT2D eigenvalue weighted by Crippen LogP contribution is 2.31. The molecule has 6 heteroatoms. The van der Waals surface area contributed by atoms with Crippen LogP contribution in [0.3, 0.4) is 0 Å². The molecule has 1 heterocycles. The molecule has 0 radical (unpaired) electrons. The van der Waals surface area contributed by atoms with Crippen LogP contribution >= 0.6 is 23.4 Å². The second kappa shape index (κ2) is 9.14. The standard InChI is InChI=1S/C20H27ClN2O2S/c1-15(26-18-9-5-4-8-17(18)21)20(25)23-12-10-22(11-13-23)19(24)14-16-6-2-3-7-16/h4-5,8-9,15-16H,2-3,6-7,10-14H2,1H3. The Bertz CT molecular complexity index is 640. The zero-order valence-corrected chi connectivity index (χ0v) is 16.9. The highest BCUT2D eigenvalue weighted by molar-refractivity contribution is 8.00. The lowest BCUT2D eigenvalue weighted by molar-refractivity contribution is -0.139. The van der Waals surface area contributed by atoms with E-state index in [1.54, 1.807) is 0 Å². The molecule has 0 spiro atoms. The average Bonchev–Trinajstić information content (AvgIpc) is 3.16. The van der Waals surface area contributed by atoms with Gasteiger partial charge in [0.1, 0.15) is 0 Å². The summed E-state index contributed by atoms with van der Waals surface area (Å²) >= 11 is 7.69. The Hall–Kier alpha value is -1.20. The largest absolute Gasteiger partial charge is 0.339 e. The molecule has 0 N–H and O–H groups in total. The topological polar surface area (TPSA) is 40.6 Å². The van der Waals surface area contributed by atoms with Gasteiger partial charge in [0.25, 0.3) is 0 Å². The van der Waals surface area contributed by atoms with Crippen LogP contribution < -0.4 is 0 Å². The molecule has 1 saturated carbocycles. The number of benzene rings is 1. The van der Waals surface area contributed by atoms with Gasteiger partial charge in [0, 0.05) is 37.5 Å². The Morgan fingerprint density at radius 2 is 1.73 bits per heavy atom. The number of carbonyl (C=O) groups excluding carboxylic acids is 2. The molecule has 1 aromatic rings. The maximum Gasteiger partial charge on any atom is 0.235 e. The molecule has 2 fully saturated rings. The van der Waals surface area contributed by atoms with Crippen molar-refractivity contribution >= 4 is 35.2 Å². The van der Waals surface area contributed by atoms with Crippen molar-refractivity contribution in [3.63, 3.8) is 0 Å². The molecule has 1 aliphatic carbocycles. The van der Waals surface area contributed by atoms with E-state index in [-0.39, 0.29) is 17.1 Å². The normalized spacial score (nSPS) is 19.6. The first-order valence-corrected chi connectivity index (χ1v) is 10.8. The highest BCUT2D eigenvalue weighted by Gasteiger charge is 2.29. The third-order valence-corrected chi connectivity index (χ3v) is 6.98. The van der Waals surface area contributed by atoms with Gasteiger partial charge in [0.2, 0.25) is 11.8 Å². The van der Waals surface area contributed by atoms with E-state index in [2.05, 4.69) is 0 Å². The van der Waals surface area contributed by atoms with E-state index in [9.17, 15) is 9.59 Å². The van der Waals surface area contributed by atoms with Gasteiger partial charge < -0.3 is 9.80 Å². The first-order chi connectivity index (χ1) is 12.5. The molecule has 1 unspecified atom stereocenters. The van der Waals surface area contributed by atoms with E-state index >= 15 is 0 Å². The van der Waals surface area contributed by atoms with E-state index in [1.165, 1.54) is 37.4 Å². The van der Waals surface area contributed by atoms with Gasteiger partial charge in [-0.25, -0.2) is 0 Å². The first-order valence-electron chi connectivity index (χ1n) is 9.52. The quantitative estimate of drug-likeness (QED) is 0.707. The summed E-state index contributed by atoms with van der Waals surface area (Å²) in [6, 6.07) is 7.60. The summed E-state index contributed by atoms with van der Waals surface area (Å²) in [4.78, 5) is 29.9. The molecular formula is C20H27ClN2O2S. The van der Waals surface area contributed by atoms with E-state index in [4.69, 9.17) is 11.6 Å². The summed E-state index contributed by atoms with van der Waals surface area (Å²) in [5, 5.41) is 0.495. The smallest absolute Gasteiger partial charge is 0.235 e. The molecule has 1 saturated heterocycles. The van der Waals surface area contributed by atoms with Crippen molar-refractivity contribution in [2.45, 2.75) is 49.2 Å². The van der Waals surface area contributed by atoms with Crippen molar-refractivity contribution in [2.24, 2.45) is 5.92 Å². The fraction of sp³-hybridized carbons (Fsp3) is 0.600. The molecule has 1 aromatic carbocycles. The fourth-order valence-electron chi connectivity index (χ4n) is 3.81. The molecule has 1 aliphatic heterocycles. The molecular weight excluding hydrogens is 368 g/mol. The summed E-state index contributed by atoms with van der Waals surface area (Å²) in [5.74, 6) is 0.967. The number of piperazine rings is 1. The SMILES string of the molecule is CC(Sc1ccccc1Cl)C(=O)N1CCN(C(=O)CC2CCCC2)CC1. The molecule has 2 amide bonds. The van der Waals surface area contributed by atoms with Crippen LogP contribution in [0.15, 0.2) is 29.2 Å². The van der Waals surface area contributed by atoms with Crippen LogP contribution in [0.25, 0.3) is 0 Å². The molecule has 26 heavy (non-hydrogen) atoms. The lowest BCUT2D eigenvalue weighted by Crippen LogP contribution is -2.52. The number of thioether (sulfide) groups is 1. The summed E-state index contributed by atoms with van der Waals surface area (Å²) in [5.41, 5.74) is 0. The zero-order chi connectivity index (χ0) is 18.5. The van der Waals surface area contributed by atoms with Gasteiger partial charge in [0.15, 0.2) is 0 Å². The second-order valence-corrected chi connectivity index (χ2v) is 9.04. The van der Waals surface area contributed by atoms with E-state index in [1.807, 2.05) is 41.0 Å². The van der Waals surface area contributed by atoms with Gasteiger partial charge in [-0.3, -0.25) is 9.59 Å². The number of nitrogens with zero attached hydrogens (tertiary/aromatic N) is 2. The summed E-state index contributed by atoms with van der Waals surface area (Å²) < 4.78 is 0. The minimum absolute atomic E-state index is 0.123. The maximum atomic E-state index is 12.7. The Balaban J connectivity index is 1.46. The van der Waals surface area contributed by atoms with Crippen molar-refractivity contribution < 1.29 is 9.59 Å². The van der Waals surface area contributed by atoms with Crippen molar-refractivity contribution in [3.05, 3.63) is 29.3 Å². The average molecular weight is 395 g/mol.